The highest BCUT2D eigenvalue weighted by Crippen LogP contribution is 2.22. The Labute approximate surface area is 114 Å². The maximum atomic E-state index is 12.3. The van der Waals surface area contributed by atoms with E-state index in [0.29, 0.717) is 17.5 Å². The van der Waals surface area contributed by atoms with Gasteiger partial charge in [-0.15, -0.1) is 0 Å². The number of phenols is 1. The molecule has 2 unspecified atom stereocenters. The van der Waals surface area contributed by atoms with E-state index < -0.39 is 0 Å². The van der Waals surface area contributed by atoms with Crippen LogP contribution in [0.5, 0.6) is 5.75 Å². The van der Waals surface area contributed by atoms with E-state index in [1.54, 1.807) is 18.2 Å². The van der Waals surface area contributed by atoms with E-state index in [1.807, 2.05) is 11.0 Å². The van der Waals surface area contributed by atoms with Crippen LogP contribution in [0.2, 0.25) is 0 Å². The Kier molecular flexibility index (Phi) is 4.10. The fourth-order valence-electron chi connectivity index (χ4n) is 2.76. The number of aromatic hydroxyl groups is 1. The molecule has 2 atom stereocenters. The number of likely N-dealkylation sites (tertiary alicyclic amines) is 1. The zero-order valence-corrected chi connectivity index (χ0v) is 11.8. The van der Waals surface area contributed by atoms with Crippen LogP contribution in [-0.4, -0.2) is 54.0 Å². The first-order valence-electron chi connectivity index (χ1n) is 6.70. The summed E-state index contributed by atoms with van der Waals surface area (Å²) in [5.41, 5.74) is 0.702. The van der Waals surface area contributed by atoms with Crippen molar-refractivity contribution in [3.63, 3.8) is 0 Å². The van der Waals surface area contributed by atoms with Crippen LogP contribution in [-0.2, 0) is 11.2 Å². The van der Waals surface area contributed by atoms with E-state index in [9.17, 15) is 9.90 Å². The van der Waals surface area contributed by atoms with Crippen molar-refractivity contribution in [2.24, 2.45) is 5.92 Å². The van der Waals surface area contributed by atoms with Gasteiger partial charge in [-0.25, -0.2) is 0 Å². The summed E-state index contributed by atoms with van der Waals surface area (Å²) < 4.78 is 0. The van der Waals surface area contributed by atoms with Crippen LogP contribution in [0.3, 0.4) is 0 Å². The molecule has 1 aromatic rings. The zero-order chi connectivity index (χ0) is 14.0. The first-order chi connectivity index (χ1) is 8.99. The van der Waals surface area contributed by atoms with Gasteiger partial charge in [0.1, 0.15) is 5.75 Å². The lowest BCUT2D eigenvalue weighted by Crippen LogP contribution is -2.36. The number of carbonyl (C=O) groups is 1. The van der Waals surface area contributed by atoms with Crippen molar-refractivity contribution in [3.05, 3.63) is 29.8 Å². The van der Waals surface area contributed by atoms with E-state index >= 15 is 0 Å². The third kappa shape index (κ3) is 3.07. The number of phenolic OH excluding ortho intramolecular Hbond substituents is 1. The smallest absolute Gasteiger partial charge is 0.227 e. The molecule has 0 aromatic heterocycles. The molecule has 4 nitrogen and oxygen atoms in total. The predicted octanol–water partition coefficient (Wildman–Crippen LogP) is 1.34. The SMILES string of the molecule is CC1CN(C(=O)Cc2ccccc2O)CC1N(C)C. The monoisotopic (exact) mass is 262 g/mol. The molecular weight excluding hydrogens is 240 g/mol. The minimum absolute atomic E-state index is 0.0951. The fourth-order valence-corrected chi connectivity index (χ4v) is 2.76. The molecule has 0 aliphatic carbocycles. The van der Waals surface area contributed by atoms with E-state index in [0.717, 1.165) is 13.1 Å². The number of likely N-dealkylation sites (N-methyl/N-ethyl adjacent to an activating group) is 1. The molecule has 1 heterocycles. The maximum Gasteiger partial charge on any atom is 0.227 e. The Hall–Kier alpha value is -1.55. The quantitative estimate of drug-likeness (QED) is 0.894. The number of benzene rings is 1. The van der Waals surface area contributed by atoms with Crippen LogP contribution in [0.25, 0.3) is 0 Å². The van der Waals surface area contributed by atoms with Gasteiger partial charge < -0.3 is 14.9 Å². The average Bonchev–Trinajstić information content (AvgIpc) is 2.74. The molecule has 1 N–H and O–H groups in total. The number of rotatable bonds is 3. The summed E-state index contributed by atoms with van der Waals surface area (Å²) in [5, 5.41) is 9.72. The molecule has 104 valence electrons. The highest BCUT2D eigenvalue weighted by molar-refractivity contribution is 5.79. The van der Waals surface area contributed by atoms with Gasteiger partial charge in [0.2, 0.25) is 5.91 Å². The average molecular weight is 262 g/mol. The molecule has 4 heteroatoms. The molecular formula is C15H22N2O2. The van der Waals surface area contributed by atoms with Crippen LogP contribution in [0, 0.1) is 5.92 Å². The number of carbonyl (C=O) groups excluding carboxylic acids is 1. The molecule has 1 aliphatic heterocycles. The number of hydrogen-bond acceptors (Lipinski definition) is 3. The molecule has 19 heavy (non-hydrogen) atoms. The first-order valence-corrected chi connectivity index (χ1v) is 6.70. The third-order valence-corrected chi connectivity index (χ3v) is 3.92. The minimum atomic E-state index is 0.0951. The summed E-state index contributed by atoms with van der Waals surface area (Å²) in [5.74, 6) is 0.785. The molecule has 0 saturated carbocycles. The highest BCUT2D eigenvalue weighted by Gasteiger charge is 2.33. The van der Waals surface area contributed by atoms with Gasteiger partial charge in [-0.2, -0.15) is 0 Å². The number of para-hydroxylation sites is 1. The van der Waals surface area contributed by atoms with Crippen LogP contribution >= 0.6 is 0 Å². The second kappa shape index (κ2) is 5.61. The van der Waals surface area contributed by atoms with Gasteiger partial charge in [0.15, 0.2) is 0 Å². The Morgan fingerprint density at radius 3 is 2.63 bits per heavy atom. The molecule has 1 aromatic carbocycles. The van der Waals surface area contributed by atoms with Crippen molar-refractivity contribution in [1.29, 1.82) is 0 Å². The minimum Gasteiger partial charge on any atom is -0.508 e. The normalized spacial score (nSPS) is 23.1. The van der Waals surface area contributed by atoms with Crippen LogP contribution in [0.1, 0.15) is 12.5 Å². The van der Waals surface area contributed by atoms with E-state index in [2.05, 4.69) is 25.9 Å². The Bertz CT molecular complexity index is 459. The standard InChI is InChI=1S/C15H22N2O2/c1-11-9-17(10-13(11)16(2)3)15(19)8-12-6-4-5-7-14(12)18/h4-7,11,13,18H,8-10H2,1-3H3. The van der Waals surface area contributed by atoms with Gasteiger partial charge in [0.25, 0.3) is 0 Å². The summed E-state index contributed by atoms with van der Waals surface area (Å²) >= 11 is 0. The molecule has 1 saturated heterocycles. The zero-order valence-electron chi connectivity index (χ0n) is 11.8. The van der Waals surface area contributed by atoms with Gasteiger partial charge in [-0.1, -0.05) is 25.1 Å². The van der Waals surface area contributed by atoms with Crippen LogP contribution in [0.15, 0.2) is 24.3 Å². The van der Waals surface area contributed by atoms with Crippen molar-refractivity contribution in [2.45, 2.75) is 19.4 Å². The lowest BCUT2D eigenvalue weighted by molar-refractivity contribution is -0.129. The van der Waals surface area contributed by atoms with Gasteiger partial charge in [-0.05, 0) is 26.1 Å². The van der Waals surface area contributed by atoms with Gasteiger partial charge in [-0.3, -0.25) is 4.79 Å². The molecule has 1 amide bonds. The number of hydrogen-bond donors (Lipinski definition) is 1. The maximum absolute atomic E-state index is 12.3. The van der Waals surface area contributed by atoms with Crippen molar-refractivity contribution in [2.75, 3.05) is 27.2 Å². The second-order valence-corrected chi connectivity index (χ2v) is 5.61. The molecule has 2 rings (SSSR count). The Balaban J connectivity index is 2.00. The van der Waals surface area contributed by atoms with Crippen molar-refractivity contribution >= 4 is 5.91 Å². The van der Waals surface area contributed by atoms with Crippen molar-refractivity contribution < 1.29 is 9.90 Å². The fraction of sp³-hybridized carbons (Fsp3) is 0.533. The van der Waals surface area contributed by atoms with E-state index in [4.69, 9.17) is 0 Å². The molecule has 0 radical (unpaired) electrons. The Morgan fingerprint density at radius 1 is 1.37 bits per heavy atom. The van der Waals surface area contributed by atoms with Crippen molar-refractivity contribution in [1.82, 2.24) is 9.80 Å². The Morgan fingerprint density at radius 2 is 2.05 bits per heavy atom. The molecule has 0 bridgehead atoms. The largest absolute Gasteiger partial charge is 0.508 e. The lowest BCUT2D eigenvalue weighted by Gasteiger charge is -2.22. The van der Waals surface area contributed by atoms with Gasteiger partial charge >= 0.3 is 0 Å². The second-order valence-electron chi connectivity index (χ2n) is 5.61. The summed E-state index contributed by atoms with van der Waals surface area (Å²) in [6, 6.07) is 7.46. The molecule has 0 spiro atoms. The van der Waals surface area contributed by atoms with Crippen molar-refractivity contribution in [3.8, 4) is 5.75 Å². The molecule has 1 aliphatic rings. The van der Waals surface area contributed by atoms with Crippen LogP contribution in [0.4, 0.5) is 0 Å². The van der Waals surface area contributed by atoms with E-state index in [-0.39, 0.29) is 18.1 Å². The predicted molar refractivity (Wildman–Crippen MR) is 75.0 cm³/mol. The topological polar surface area (TPSA) is 43.8 Å². The number of amides is 1. The number of nitrogens with zero attached hydrogens (tertiary/aromatic N) is 2. The summed E-state index contributed by atoms with van der Waals surface area (Å²) in [6.07, 6.45) is 0.277. The van der Waals surface area contributed by atoms with Gasteiger partial charge in [0, 0.05) is 24.7 Å². The van der Waals surface area contributed by atoms with Crippen LogP contribution < -0.4 is 0 Å². The molecule has 1 fully saturated rings. The summed E-state index contributed by atoms with van der Waals surface area (Å²) in [4.78, 5) is 16.4. The summed E-state index contributed by atoms with van der Waals surface area (Å²) in [6.45, 7) is 3.76. The lowest BCUT2D eigenvalue weighted by atomic mass is 10.1. The van der Waals surface area contributed by atoms with E-state index in [1.165, 1.54) is 0 Å². The first kappa shape index (κ1) is 13.9. The van der Waals surface area contributed by atoms with Gasteiger partial charge in [0.05, 0.1) is 6.42 Å². The highest BCUT2D eigenvalue weighted by atomic mass is 16.3. The third-order valence-electron chi connectivity index (χ3n) is 3.92. The summed E-state index contributed by atoms with van der Waals surface area (Å²) in [7, 11) is 4.11.